The van der Waals surface area contributed by atoms with Gasteiger partial charge in [-0.2, -0.15) is 9.40 Å². The van der Waals surface area contributed by atoms with Gasteiger partial charge in [0.25, 0.3) is 0 Å². The molecule has 0 aliphatic carbocycles. The lowest BCUT2D eigenvalue weighted by molar-refractivity contribution is 0.315. The number of nitrogens with one attached hydrogen (secondary N) is 1. The SMILES string of the molecule is Cc1[nH]nc(CCl)c1S(=O)(=O)N(C)C(C)C(C)C. The van der Waals surface area contributed by atoms with Crippen LogP contribution in [0.15, 0.2) is 4.90 Å². The van der Waals surface area contributed by atoms with Crippen LogP contribution in [0.1, 0.15) is 32.2 Å². The van der Waals surface area contributed by atoms with Crippen LogP contribution in [0.3, 0.4) is 0 Å². The van der Waals surface area contributed by atoms with Crippen molar-refractivity contribution in [3.63, 3.8) is 0 Å². The third-order valence-electron chi connectivity index (χ3n) is 3.26. The highest BCUT2D eigenvalue weighted by molar-refractivity contribution is 7.89. The molecule has 5 nitrogen and oxygen atoms in total. The lowest BCUT2D eigenvalue weighted by Crippen LogP contribution is -2.38. The smallest absolute Gasteiger partial charge is 0.246 e. The Labute approximate surface area is 114 Å². The van der Waals surface area contributed by atoms with E-state index in [4.69, 9.17) is 11.6 Å². The second kappa shape index (κ2) is 5.59. The largest absolute Gasteiger partial charge is 0.281 e. The zero-order valence-electron chi connectivity index (χ0n) is 11.4. The van der Waals surface area contributed by atoms with Crippen molar-refractivity contribution in [2.24, 2.45) is 5.92 Å². The number of nitrogens with zero attached hydrogens (tertiary/aromatic N) is 2. The molecule has 1 heterocycles. The number of aryl methyl sites for hydroxylation is 1. The molecule has 0 amide bonds. The normalized spacial score (nSPS) is 14.4. The van der Waals surface area contributed by atoms with E-state index in [1.165, 1.54) is 4.31 Å². The molecule has 0 saturated heterocycles. The van der Waals surface area contributed by atoms with Crippen LogP contribution in [0.2, 0.25) is 0 Å². The van der Waals surface area contributed by atoms with Crippen LogP contribution in [0.4, 0.5) is 0 Å². The molecule has 0 aliphatic rings. The van der Waals surface area contributed by atoms with Crippen molar-refractivity contribution >= 4 is 21.6 Å². The van der Waals surface area contributed by atoms with Gasteiger partial charge in [0.2, 0.25) is 10.0 Å². The maximum Gasteiger partial charge on any atom is 0.246 e. The first-order valence-electron chi connectivity index (χ1n) is 5.81. The molecular formula is C11H20ClN3O2S. The van der Waals surface area contributed by atoms with Crippen LogP contribution in [0, 0.1) is 12.8 Å². The van der Waals surface area contributed by atoms with Crippen molar-refractivity contribution in [3.05, 3.63) is 11.4 Å². The maximum absolute atomic E-state index is 12.5. The van der Waals surface area contributed by atoms with E-state index in [2.05, 4.69) is 10.2 Å². The summed E-state index contributed by atoms with van der Waals surface area (Å²) in [7, 11) is -1.97. The van der Waals surface area contributed by atoms with E-state index in [0.29, 0.717) is 11.4 Å². The van der Waals surface area contributed by atoms with Gasteiger partial charge in [0.05, 0.1) is 17.3 Å². The minimum absolute atomic E-state index is 0.0722. The molecule has 1 aromatic rings. The van der Waals surface area contributed by atoms with Gasteiger partial charge in [0.1, 0.15) is 4.90 Å². The van der Waals surface area contributed by atoms with E-state index in [1.54, 1.807) is 14.0 Å². The number of aromatic amines is 1. The first-order valence-corrected chi connectivity index (χ1v) is 7.78. The molecule has 0 spiro atoms. The molecule has 1 atom stereocenters. The first-order chi connectivity index (χ1) is 8.23. The minimum Gasteiger partial charge on any atom is -0.281 e. The third-order valence-corrected chi connectivity index (χ3v) is 5.66. The van der Waals surface area contributed by atoms with Gasteiger partial charge in [-0.25, -0.2) is 8.42 Å². The third kappa shape index (κ3) is 2.70. The monoisotopic (exact) mass is 293 g/mol. The Morgan fingerprint density at radius 1 is 1.39 bits per heavy atom. The number of hydrogen-bond donors (Lipinski definition) is 1. The molecule has 0 saturated carbocycles. The second-order valence-corrected chi connectivity index (χ2v) is 6.97. The zero-order chi connectivity index (χ0) is 14.1. The number of sulfonamides is 1. The molecular weight excluding hydrogens is 274 g/mol. The Morgan fingerprint density at radius 2 is 1.94 bits per heavy atom. The van der Waals surface area contributed by atoms with Gasteiger partial charge < -0.3 is 0 Å². The summed E-state index contributed by atoms with van der Waals surface area (Å²) in [6, 6.07) is -0.0903. The summed E-state index contributed by atoms with van der Waals surface area (Å²) in [5.41, 5.74) is 0.894. The molecule has 1 aromatic heterocycles. The molecule has 18 heavy (non-hydrogen) atoms. The molecule has 0 radical (unpaired) electrons. The van der Waals surface area contributed by atoms with Crippen molar-refractivity contribution in [1.82, 2.24) is 14.5 Å². The van der Waals surface area contributed by atoms with Crippen LogP contribution in [-0.4, -0.2) is 36.0 Å². The molecule has 7 heteroatoms. The molecule has 104 valence electrons. The Morgan fingerprint density at radius 3 is 2.39 bits per heavy atom. The Balaban J connectivity index is 3.25. The fourth-order valence-corrected chi connectivity index (χ4v) is 3.77. The summed E-state index contributed by atoms with van der Waals surface area (Å²) < 4.78 is 26.5. The van der Waals surface area contributed by atoms with E-state index in [1.807, 2.05) is 20.8 Å². The predicted molar refractivity (Wildman–Crippen MR) is 72.1 cm³/mol. The predicted octanol–water partition coefficient (Wildman–Crippen LogP) is 2.12. The molecule has 1 unspecified atom stereocenters. The van der Waals surface area contributed by atoms with Crippen LogP contribution >= 0.6 is 11.6 Å². The topological polar surface area (TPSA) is 66.1 Å². The van der Waals surface area contributed by atoms with Gasteiger partial charge >= 0.3 is 0 Å². The number of rotatable bonds is 5. The van der Waals surface area contributed by atoms with Crippen LogP contribution in [0.25, 0.3) is 0 Å². The van der Waals surface area contributed by atoms with Crippen LogP contribution < -0.4 is 0 Å². The summed E-state index contributed by atoms with van der Waals surface area (Å²) in [6.07, 6.45) is 0. The molecule has 0 aromatic carbocycles. The molecule has 1 N–H and O–H groups in total. The first kappa shape index (κ1) is 15.5. The Kier molecular flexibility index (Phi) is 4.80. The van der Waals surface area contributed by atoms with Crippen molar-refractivity contribution in [1.29, 1.82) is 0 Å². The van der Waals surface area contributed by atoms with Crippen molar-refractivity contribution < 1.29 is 8.42 Å². The quantitative estimate of drug-likeness (QED) is 0.846. The number of alkyl halides is 1. The molecule has 1 rings (SSSR count). The van der Waals surface area contributed by atoms with Crippen molar-refractivity contribution in [3.8, 4) is 0 Å². The fraction of sp³-hybridized carbons (Fsp3) is 0.727. The summed E-state index contributed by atoms with van der Waals surface area (Å²) >= 11 is 5.73. The standard InChI is InChI=1S/C11H20ClN3O2S/c1-7(2)9(4)15(5)18(16,17)11-8(3)13-14-10(11)6-12/h7,9H,6H2,1-5H3,(H,13,14). The number of H-pyrrole nitrogens is 1. The fourth-order valence-electron chi connectivity index (χ4n) is 1.68. The number of hydrogen-bond acceptors (Lipinski definition) is 3. The van der Waals surface area contributed by atoms with Gasteiger partial charge in [0.15, 0.2) is 0 Å². The van der Waals surface area contributed by atoms with E-state index >= 15 is 0 Å². The Hall–Kier alpha value is -0.590. The average molecular weight is 294 g/mol. The van der Waals surface area contributed by atoms with E-state index in [9.17, 15) is 8.42 Å². The molecule has 0 bridgehead atoms. The zero-order valence-corrected chi connectivity index (χ0v) is 12.9. The summed E-state index contributed by atoms with van der Waals surface area (Å²) in [6.45, 7) is 7.55. The van der Waals surface area contributed by atoms with Gasteiger partial charge in [-0.15, -0.1) is 11.6 Å². The van der Waals surface area contributed by atoms with E-state index in [0.717, 1.165) is 0 Å². The van der Waals surface area contributed by atoms with Gasteiger partial charge in [-0.1, -0.05) is 13.8 Å². The second-order valence-electron chi connectivity index (χ2n) is 4.76. The van der Waals surface area contributed by atoms with Crippen molar-refractivity contribution in [2.45, 2.75) is 44.5 Å². The summed E-state index contributed by atoms with van der Waals surface area (Å²) in [5, 5.41) is 6.60. The van der Waals surface area contributed by atoms with Gasteiger partial charge in [0, 0.05) is 13.1 Å². The van der Waals surface area contributed by atoms with Crippen molar-refractivity contribution in [2.75, 3.05) is 7.05 Å². The molecule has 0 fully saturated rings. The highest BCUT2D eigenvalue weighted by Gasteiger charge is 2.31. The summed E-state index contributed by atoms with van der Waals surface area (Å²) in [5.74, 6) is 0.305. The lowest BCUT2D eigenvalue weighted by Gasteiger charge is -2.27. The van der Waals surface area contributed by atoms with E-state index in [-0.39, 0.29) is 22.7 Å². The van der Waals surface area contributed by atoms with Gasteiger partial charge in [-0.05, 0) is 19.8 Å². The maximum atomic E-state index is 12.5. The highest BCUT2D eigenvalue weighted by atomic mass is 35.5. The van der Waals surface area contributed by atoms with E-state index < -0.39 is 10.0 Å². The lowest BCUT2D eigenvalue weighted by atomic mass is 10.1. The minimum atomic E-state index is -3.56. The Bertz CT molecular complexity index is 510. The molecule has 0 aliphatic heterocycles. The highest BCUT2D eigenvalue weighted by Crippen LogP contribution is 2.25. The van der Waals surface area contributed by atoms with Gasteiger partial charge in [-0.3, -0.25) is 5.10 Å². The average Bonchev–Trinajstić information content (AvgIpc) is 2.68. The number of halogens is 1. The summed E-state index contributed by atoms with van der Waals surface area (Å²) in [4.78, 5) is 0.201. The van der Waals surface area contributed by atoms with Crippen LogP contribution in [-0.2, 0) is 15.9 Å². The number of aromatic nitrogens is 2. The van der Waals surface area contributed by atoms with Crippen LogP contribution in [0.5, 0.6) is 0 Å².